The number of halogens is 1. The lowest BCUT2D eigenvalue weighted by Crippen LogP contribution is -2.25. The van der Waals surface area contributed by atoms with E-state index in [-0.39, 0.29) is 18.3 Å². The topological polar surface area (TPSA) is 56.1 Å². The summed E-state index contributed by atoms with van der Waals surface area (Å²) in [4.78, 5) is 17.2. The Kier molecular flexibility index (Phi) is 7.15. The highest BCUT2D eigenvalue weighted by atomic mass is 19.1. The zero-order valence-electron chi connectivity index (χ0n) is 18.3. The third-order valence-corrected chi connectivity index (χ3v) is 5.37. The Balaban J connectivity index is 1.42. The van der Waals surface area contributed by atoms with Crippen molar-refractivity contribution in [3.8, 4) is 5.75 Å². The Morgan fingerprint density at radius 3 is 2.64 bits per heavy atom. The van der Waals surface area contributed by atoms with Gasteiger partial charge in [0, 0.05) is 12.1 Å². The van der Waals surface area contributed by atoms with Crippen LogP contribution in [-0.2, 0) is 19.5 Å². The van der Waals surface area contributed by atoms with E-state index in [1.54, 1.807) is 0 Å². The molecule has 0 radical (unpaired) electrons. The quantitative estimate of drug-likeness (QED) is 0.267. The van der Waals surface area contributed by atoms with Crippen molar-refractivity contribution >= 4 is 16.9 Å². The van der Waals surface area contributed by atoms with Crippen LogP contribution < -0.4 is 10.1 Å². The van der Waals surface area contributed by atoms with Crippen LogP contribution in [0.15, 0.2) is 85.5 Å². The molecule has 0 atom stereocenters. The number of amides is 1. The molecule has 1 N–H and O–H groups in total. The number of carbonyl (C=O) groups excluding carboxylic acids is 1. The number of ether oxygens (including phenoxy) is 1. The number of hydrogen-bond donors (Lipinski definition) is 1. The number of para-hydroxylation sites is 3. The summed E-state index contributed by atoms with van der Waals surface area (Å²) in [5, 5.41) is 2.89. The van der Waals surface area contributed by atoms with Crippen LogP contribution in [0.5, 0.6) is 5.75 Å². The number of benzene rings is 3. The largest absolute Gasteiger partial charge is 0.493 e. The predicted molar refractivity (Wildman–Crippen MR) is 128 cm³/mol. The maximum Gasteiger partial charge on any atom is 0.251 e. The fraction of sp³-hybridized carbons (Fsp3) is 0.185. The van der Waals surface area contributed by atoms with E-state index in [4.69, 9.17) is 9.72 Å². The van der Waals surface area contributed by atoms with E-state index in [1.807, 2.05) is 54.6 Å². The van der Waals surface area contributed by atoms with Gasteiger partial charge in [0.2, 0.25) is 0 Å². The molecule has 33 heavy (non-hydrogen) atoms. The fourth-order valence-electron chi connectivity index (χ4n) is 3.75. The van der Waals surface area contributed by atoms with Gasteiger partial charge in [0.15, 0.2) is 0 Å². The van der Waals surface area contributed by atoms with Gasteiger partial charge in [-0.3, -0.25) is 4.79 Å². The second kappa shape index (κ2) is 10.6. The molecule has 0 aliphatic carbocycles. The van der Waals surface area contributed by atoms with E-state index in [1.165, 1.54) is 24.3 Å². The van der Waals surface area contributed by atoms with Gasteiger partial charge >= 0.3 is 0 Å². The molecule has 0 saturated heterocycles. The molecule has 0 fully saturated rings. The van der Waals surface area contributed by atoms with Gasteiger partial charge in [-0.15, -0.1) is 6.58 Å². The molecule has 0 saturated carbocycles. The highest BCUT2D eigenvalue weighted by Gasteiger charge is 2.13. The summed E-state index contributed by atoms with van der Waals surface area (Å²) in [5.74, 6) is 0.997. The Labute approximate surface area is 192 Å². The SMILES string of the molecule is C=CCc1ccccc1OCCCn1c(CNC(=O)c2ccc(F)cc2)nc2ccccc21. The van der Waals surface area contributed by atoms with Gasteiger partial charge in [-0.2, -0.15) is 0 Å². The molecule has 1 amide bonds. The van der Waals surface area contributed by atoms with Crippen molar-refractivity contribution in [1.82, 2.24) is 14.9 Å². The number of hydrogen-bond acceptors (Lipinski definition) is 3. The highest BCUT2D eigenvalue weighted by molar-refractivity contribution is 5.94. The first-order valence-electron chi connectivity index (χ1n) is 10.9. The molecule has 1 aromatic heterocycles. The number of fused-ring (bicyclic) bond motifs is 1. The standard InChI is InChI=1S/C27H26FN3O2/c1-2-8-20-9-3-6-12-25(20)33-18-7-17-31-24-11-5-4-10-23(24)30-26(31)19-29-27(32)21-13-15-22(28)16-14-21/h2-6,9-16H,1,7-8,17-19H2,(H,29,32). The summed E-state index contributed by atoms with van der Waals surface area (Å²) < 4.78 is 21.3. The van der Waals surface area contributed by atoms with Crippen LogP contribution >= 0.6 is 0 Å². The Morgan fingerprint density at radius 1 is 1.06 bits per heavy atom. The monoisotopic (exact) mass is 443 g/mol. The Bertz CT molecular complexity index is 1250. The molecule has 0 bridgehead atoms. The normalized spacial score (nSPS) is 10.8. The van der Waals surface area contributed by atoms with Gasteiger partial charge in [-0.1, -0.05) is 36.4 Å². The average molecular weight is 444 g/mol. The molecule has 5 nitrogen and oxygen atoms in total. The number of aryl methyl sites for hydroxylation is 1. The molecular weight excluding hydrogens is 417 g/mol. The lowest BCUT2D eigenvalue weighted by molar-refractivity contribution is 0.0949. The van der Waals surface area contributed by atoms with E-state index in [9.17, 15) is 9.18 Å². The van der Waals surface area contributed by atoms with Crippen molar-refractivity contribution in [3.05, 3.63) is 108 Å². The van der Waals surface area contributed by atoms with Gasteiger partial charge in [0.1, 0.15) is 17.4 Å². The van der Waals surface area contributed by atoms with Crippen LogP contribution in [-0.4, -0.2) is 22.1 Å². The van der Waals surface area contributed by atoms with Crippen LogP contribution in [0.2, 0.25) is 0 Å². The molecule has 1 heterocycles. The Hall–Kier alpha value is -3.93. The molecular formula is C27H26FN3O2. The van der Waals surface area contributed by atoms with Crippen LogP contribution in [0.3, 0.4) is 0 Å². The molecule has 6 heteroatoms. The molecule has 3 aromatic carbocycles. The third kappa shape index (κ3) is 5.47. The molecule has 0 aliphatic rings. The third-order valence-electron chi connectivity index (χ3n) is 5.37. The molecule has 0 spiro atoms. The number of allylic oxidation sites excluding steroid dienone is 1. The first-order valence-corrected chi connectivity index (χ1v) is 10.9. The van der Waals surface area contributed by atoms with Crippen molar-refractivity contribution in [3.63, 3.8) is 0 Å². The first-order chi connectivity index (χ1) is 16.2. The summed E-state index contributed by atoms with van der Waals surface area (Å²) in [6.45, 7) is 5.34. The van der Waals surface area contributed by atoms with Gasteiger partial charge in [-0.05, 0) is 60.9 Å². The van der Waals surface area contributed by atoms with Crippen molar-refractivity contribution in [2.45, 2.75) is 25.9 Å². The summed E-state index contributed by atoms with van der Waals surface area (Å²) in [7, 11) is 0. The van der Waals surface area contributed by atoms with Crippen LogP contribution in [0, 0.1) is 5.82 Å². The van der Waals surface area contributed by atoms with Gasteiger partial charge in [0.05, 0.1) is 24.2 Å². The zero-order chi connectivity index (χ0) is 23.0. The van der Waals surface area contributed by atoms with Gasteiger partial charge in [0.25, 0.3) is 5.91 Å². The predicted octanol–water partition coefficient (Wildman–Crippen LogP) is 5.30. The molecule has 0 unspecified atom stereocenters. The second-order valence-electron chi connectivity index (χ2n) is 7.66. The Morgan fingerprint density at radius 2 is 1.82 bits per heavy atom. The van der Waals surface area contributed by atoms with Crippen molar-refractivity contribution < 1.29 is 13.9 Å². The van der Waals surface area contributed by atoms with Crippen molar-refractivity contribution in [2.75, 3.05) is 6.61 Å². The summed E-state index contributed by atoms with van der Waals surface area (Å²) in [6.07, 6.45) is 3.41. The minimum absolute atomic E-state index is 0.268. The van der Waals surface area contributed by atoms with Crippen LogP contribution in [0.25, 0.3) is 11.0 Å². The van der Waals surface area contributed by atoms with Gasteiger partial charge in [-0.25, -0.2) is 9.37 Å². The first kappa shape index (κ1) is 22.3. The molecule has 4 rings (SSSR count). The van der Waals surface area contributed by atoms with Crippen molar-refractivity contribution in [2.24, 2.45) is 0 Å². The number of nitrogens with zero attached hydrogens (tertiary/aromatic N) is 2. The maximum absolute atomic E-state index is 13.1. The van der Waals surface area contributed by atoms with Crippen molar-refractivity contribution in [1.29, 1.82) is 0 Å². The summed E-state index contributed by atoms with van der Waals surface area (Å²) >= 11 is 0. The van der Waals surface area contributed by atoms with E-state index in [2.05, 4.69) is 16.5 Å². The lowest BCUT2D eigenvalue weighted by atomic mass is 10.1. The number of carbonyl (C=O) groups is 1. The van der Waals surface area contributed by atoms with E-state index in [0.717, 1.165) is 41.0 Å². The lowest BCUT2D eigenvalue weighted by Gasteiger charge is -2.13. The van der Waals surface area contributed by atoms with Crippen LogP contribution in [0.4, 0.5) is 4.39 Å². The maximum atomic E-state index is 13.1. The second-order valence-corrected chi connectivity index (χ2v) is 7.66. The number of rotatable bonds is 10. The molecule has 4 aromatic rings. The fourth-order valence-corrected chi connectivity index (χ4v) is 3.75. The van der Waals surface area contributed by atoms with E-state index >= 15 is 0 Å². The molecule has 0 aliphatic heterocycles. The summed E-state index contributed by atoms with van der Waals surface area (Å²) in [6, 6.07) is 21.4. The van der Waals surface area contributed by atoms with E-state index in [0.29, 0.717) is 18.7 Å². The highest BCUT2D eigenvalue weighted by Crippen LogP contribution is 2.20. The minimum atomic E-state index is -0.373. The number of aromatic nitrogens is 2. The molecule has 168 valence electrons. The van der Waals surface area contributed by atoms with E-state index < -0.39 is 0 Å². The number of imidazole rings is 1. The van der Waals surface area contributed by atoms with Gasteiger partial charge < -0.3 is 14.6 Å². The minimum Gasteiger partial charge on any atom is -0.493 e. The van der Waals surface area contributed by atoms with Crippen LogP contribution in [0.1, 0.15) is 28.2 Å². The average Bonchev–Trinajstić information content (AvgIpc) is 3.19. The summed E-state index contributed by atoms with van der Waals surface area (Å²) in [5.41, 5.74) is 3.41. The smallest absolute Gasteiger partial charge is 0.251 e. The number of nitrogens with one attached hydrogen (secondary N) is 1. The zero-order valence-corrected chi connectivity index (χ0v) is 18.3.